The predicted molar refractivity (Wildman–Crippen MR) is 119 cm³/mol. The Morgan fingerprint density at radius 3 is 2.84 bits per heavy atom. The number of carboxylic acid groups (broad SMARTS) is 1. The van der Waals surface area contributed by atoms with Crippen molar-refractivity contribution in [3.63, 3.8) is 0 Å². The number of hydrogen-bond donors (Lipinski definition) is 2. The summed E-state index contributed by atoms with van der Waals surface area (Å²) in [6, 6.07) is 6.42. The third-order valence-electron chi connectivity index (χ3n) is 5.80. The van der Waals surface area contributed by atoms with Gasteiger partial charge < -0.3 is 15.2 Å². The molecule has 0 spiro atoms. The van der Waals surface area contributed by atoms with E-state index < -0.39 is 23.4 Å². The van der Waals surface area contributed by atoms with Crippen molar-refractivity contribution < 1.29 is 24.2 Å². The van der Waals surface area contributed by atoms with Crippen LogP contribution in [0, 0.1) is 17.2 Å². The second-order valence-electron chi connectivity index (χ2n) is 8.71. The molecule has 4 rings (SSSR count). The summed E-state index contributed by atoms with van der Waals surface area (Å²) >= 11 is 1.41. The largest absolute Gasteiger partial charge is 0.478 e. The summed E-state index contributed by atoms with van der Waals surface area (Å²) in [4.78, 5) is 39.7. The topological polar surface area (TPSA) is 120 Å². The van der Waals surface area contributed by atoms with Gasteiger partial charge in [-0.1, -0.05) is 6.92 Å². The number of thiophene rings is 1. The number of nitrogens with one attached hydrogen (secondary N) is 1. The smallest absolute Gasteiger partial charge is 0.335 e. The maximum absolute atomic E-state index is 13.0. The van der Waals surface area contributed by atoms with E-state index in [4.69, 9.17) is 4.74 Å². The molecule has 1 atom stereocenters. The Hall–Kier alpha value is -3.38. The Morgan fingerprint density at radius 2 is 2.16 bits per heavy atom. The van der Waals surface area contributed by atoms with Crippen LogP contribution in [0.5, 0.6) is 5.75 Å². The van der Waals surface area contributed by atoms with Gasteiger partial charge in [-0.05, 0) is 62.8 Å². The van der Waals surface area contributed by atoms with E-state index in [-0.39, 0.29) is 17.8 Å². The Kier molecular flexibility index (Phi) is 5.42. The van der Waals surface area contributed by atoms with Gasteiger partial charge in [0, 0.05) is 4.88 Å². The number of rotatable bonds is 4. The highest BCUT2D eigenvalue weighted by atomic mass is 32.1. The van der Waals surface area contributed by atoms with Gasteiger partial charge in [-0.15, -0.1) is 11.3 Å². The molecule has 1 unspecified atom stereocenters. The maximum Gasteiger partial charge on any atom is 0.335 e. The summed E-state index contributed by atoms with van der Waals surface area (Å²) in [5, 5.41) is 22.3. The fourth-order valence-corrected chi connectivity index (χ4v) is 5.50. The lowest BCUT2D eigenvalue weighted by molar-refractivity contribution is -0.133. The standard InChI is InChI=1S/C23H23N3O5S/c1-12-4-6-14-15(10-24)20(32-18(14)8-12)25-19(27)11-26-16-9-13(21(28)29)5-7-17(16)31-23(2,3)22(26)30/h5,7,9,12H,4,6,8,11H2,1-3H3,(H,25,27)(H,28,29). The van der Waals surface area contributed by atoms with Crippen LogP contribution >= 0.6 is 11.3 Å². The van der Waals surface area contributed by atoms with Crippen LogP contribution in [-0.2, 0) is 22.4 Å². The van der Waals surface area contributed by atoms with Gasteiger partial charge in [0.25, 0.3) is 5.91 Å². The van der Waals surface area contributed by atoms with Gasteiger partial charge in [-0.2, -0.15) is 5.26 Å². The average molecular weight is 454 g/mol. The normalized spacial score (nSPS) is 18.8. The zero-order chi connectivity index (χ0) is 23.2. The number of nitriles is 1. The molecule has 8 nitrogen and oxygen atoms in total. The number of amides is 2. The number of ether oxygens (including phenoxy) is 1. The van der Waals surface area contributed by atoms with E-state index in [1.54, 1.807) is 13.8 Å². The average Bonchev–Trinajstić information content (AvgIpc) is 3.06. The van der Waals surface area contributed by atoms with Crippen LogP contribution in [-0.4, -0.2) is 35.0 Å². The molecule has 32 heavy (non-hydrogen) atoms. The summed E-state index contributed by atoms with van der Waals surface area (Å²) < 4.78 is 5.74. The summed E-state index contributed by atoms with van der Waals surface area (Å²) in [5.74, 6) is -1.21. The van der Waals surface area contributed by atoms with Crippen LogP contribution in [0.25, 0.3) is 0 Å². The minimum atomic E-state index is -1.21. The molecule has 166 valence electrons. The van der Waals surface area contributed by atoms with Crippen molar-refractivity contribution in [2.75, 3.05) is 16.8 Å². The number of carbonyl (C=O) groups is 3. The van der Waals surface area contributed by atoms with Gasteiger partial charge in [0.2, 0.25) is 5.91 Å². The van der Waals surface area contributed by atoms with Crippen LogP contribution in [0.3, 0.4) is 0 Å². The first-order chi connectivity index (χ1) is 15.1. The number of hydrogen-bond acceptors (Lipinski definition) is 6. The molecule has 0 saturated carbocycles. The van der Waals surface area contributed by atoms with Crippen LogP contribution in [0.1, 0.15) is 53.6 Å². The Morgan fingerprint density at radius 1 is 1.41 bits per heavy atom. The van der Waals surface area contributed by atoms with Gasteiger partial charge in [0.05, 0.1) is 16.8 Å². The molecule has 9 heteroatoms. The quantitative estimate of drug-likeness (QED) is 0.730. The molecular weight excluding hydrogens is 430 g/mol. The second kappa shape index (κ2) is 7.95. The summed E-state index contributed by atoms with van der Waals surface area (Å²) in [7, 11) is 0. The van der Waals surface area contributed by atoms with Crippen LogP contribution < -0.4 is 15.0 Å². The molecule has 0 radical (unpaired) electrons. The fraction of sp³-hybridized carbons (Fsp3) is 0.391. The van der Waals surface area contributed by atoms with Gasteiger partial charge in [0.15, 0.2) is 5.60 Å². The third kappa shape index (κ3) is 3.82. The zero-order valence-corrected chi connectivity index (χ0v) is 18.8. The Bertz CT molecular complexity index is 1180. The molecule has 1 aromatic heterocycles. The number of aromatic carboxylic acids is 1. The first kappa shape index (κ1) is 21.8. The first-order valence-electron chi connectivity index (χ1n) is 10.3. The van der Waals surface area contributed by atoms with Gasteiger partial charge >= 0.3 is 5.97 Å². The van der Waals surface area contributed by atoms with Crippen molar-refractivity contribution in [3.8, 4) is 11.8 Å². The molecule has 1 aliphatic carbocycles. The molecule has 0 saturated heterocycles. The summed E-state index contributed by atoms with van der Waals surface area (Å²) in [5.41, 5.74) is 0.494. The molecule has 2 amide bonds. The summed E-state index contributed by atoms with van der Waals surface area (Å²) in [6.45, 7) is 5.03. The van der Waals surface area contributed by atoms with Gasteiger partial charge in [-0.25, -0.2) is 4.79 Å². The van der Waals surface area contributed by atoms with Crippen molar-refractivity contribution in [3.05, 3.63) is 39.8 Å². The van der Waals surface area contributed by atoms with Crippen molar-refractivity contribution in [1.82, 2.24) is 0 Å². The maximum atomic E-state index is 13.0. The van der Waals surface area contributed by atoms with Crippen molar-refractivity contribution in [2.45, 2.75) is 45.6 Å². The molecule has 1 aliphatic heterocycles. The number of carbonyl (C=O) groups excluding carboxylic acids is 2. The molecule has 1 aromatic carbocycles. The molecule has 2 aliphatic rings. The van der Waals surface area contributed by atoms with Crippen LogP contribution in [0.15, 0.2) is 18.2 Å². The van der Waals surface area contributed by atoms with E-state index >= 15 is 0 Å². The fourth-order valence-electron chi connectivity index (χ4n) is 4.12. The van der Waals surface area contributed by atoms with E-state index in [0.717, 1.165) is 29.7 Å². The lowest BCUT2D eigenvalue weighted by atomic mass is 9.89. The van der Waals surface area contributed by atoms with Crippen molar-refractivity contribution >= 4 is 39.8 Å². The molecule has 0 fully saturated rings. The monoisotopic (exact) mass is 453 g/mol. The third-order valence-corrected chi connectivity index (χ3v) is 6.97. The van der Waals surface area contributed by atoms with Crippen molar-refractivity contribution in [2.24, 2.45) is 5.92 Å². The highest BCUT2D eigenvalue weighted by Gasteiger charge is 2.42. The molecular formula is C23H23N3O5S. The Labute approximate surface area is 189 Å². The Balaban J connectivity index is 1.62. The van der Waals surface area contributed by atoms with Crippen LogP contribution in [0.2, 0.25) is 0 Å². The second-order valence-corrected chi connectivity index (χ2v) is 9.81. The minimum Gasteiger partial charge on any atom is -0.478 e. The highest BCUT2D eigenvalue weighted by molar-refractivity contribution is 7.16. The number of nitrogens with zero attached hydrogens (tertiary/aromatic N) is 2. The number of anilines is 2. The SMILES string of the molecule is CC1CCc2c(sc(NC(=O)CN3C(=O)C(C)(C)Oc4ccc(C(=O)O)cc43)c2C#N)C1. The summed E-state index contributed by atoms with van der Waals surface area (Å²) in [6.07, 6.45) is 2.70. The first-order valence-corrected chi connectivity index (χ1v) is 11.1. The lowest BCUT2D eigenvalue weighted by Crippen LogP contribution is -2.54. The highest BCUT2D eigenvalue weighted by Crippen LogP contribution is 2.40. The van der Waals surface area contributed by atoms with Crippen LogP contribution in [0.4, 0.5) is 10.7 Å². The molecule has 2 N–H and O–H groups in total. The van der Waals surface area contributed by atoms with E-state index in [2.05, 4.69) is 18.3 Å². The lowest BCUT2D eigenvalue weighted by Gasteiger charge is -2.38. The van der Waals surface area contributed by atoms with Crippen molar-refractivity contribution in [1.29, 1.82) is 5.26 Å². The molecule has 2 heterocycles. The predicted octanol–water partition coefficient (Wildman–Crippen LogP) is 3.59. The van der Waals surface area contributed by atoms with Gasteiger partial charge in [-0.3, -0.25) is 14.5 Å². The van der Waals surface area contributed by atoms with Gasteiger partial charge in [0.1, 0.15) is 23.4 Å². The number of benzene rings is 1. The molecule has 2 aromatic rings. The zero-order valence-electron chi connectivity index (χ0n) is 18.0. The minimum absolute atomic E-state index is 0.0166. The van der Waals surface area contributed by atoms with E-state index in [1.165, 1.54) is 34.4 Å². The van der Waals surface area contributed by atoms with E-state index in [1.807, 2.05) is 0 Å². The van der Waals surface area contributed by atoms with E-state index in [0.29, 0.717) is 22.2 Å². The molecule has 0 bridgehead atoms. The van der Waals surface area contributed by atoms with E-state index in [9.17, 15) is 24.8 Å². The number of carboxylic acids is 1. The number of fused-ring (bicyclic) bond motifs is 2.